The fourth-order valence-electron chi connectivity index (χ4n) is 3.25. The van der Waals surface area contributed by atoms with E-state index in [4.69, 9.17) is 0 Å². The van der Waals surface area contributed by atoms with E-state index in [0.29, 0.717) is 0 Å². The van der Waals surface area contributed by atoms with E-state index in [2.05, 4.69) is 27.7 Å². The molecule has 5 heteroatoms. The minimum absolute atomic E-state index is 0.149. The molecule has 120 valence electrons. The standard InChI is InChI=1S/C17H25N3OS/c21-17(19-15-7-4-8-18-13-15)16(14-5-2-1-3-6-14)20-9-11-22-12-10-20/h1-3,5-6,15-16,18H,4,7-13H2,(H,19,21). The number of benzene rings is 1. The highest BCUT2D eigenvalue weighted by molar-refractivity contribution is 7.99. The molecule has 22 heavy (non-hydrogen) atoms. The summed E-state index contributed by atoms with van der Waals surface area (Å²) in [6.45, 7) is 3.93. The quantitative estimate of drug-likeness (QED) is 0.886. The molecule has 2 N–H and O–H groups in total. The van der Waals surface area contributed by atoms with E-state index in [1.54, 1.807) is 0 Å². The molecule has 1 amide bonds. The third kappa shape index (κ3) is 4.03. The molecule has 0 spiro atoms. The summed E-state index contributed by atoms with van der Waals surface area (Å²) < 4.78 is 0. The van der Waals surface area contributed by atoms with Crippen LogP contribution in [0.1, 0.15) is 24.4 Å². The second-order valence-corrected chi connectivity index (χ2v) is 7.24. The Morgan fingerprint density at radius 2 is 2.05 bits per heavy atom. The number of carbonyl (C=O) groups excluding carboxylic acids is 1. The number of hydrogen-bond donors (Lipinski definition) is 2. The minimum atomic E-state index is -0.149. The van der Waals surface area contributed by atoms with Crippen LogP contribution in [0.2, 0.25) is 0 Å². The normalized spacial score (nSPS) is 24.6. The van der Waals surface area contributed by atoms with Crippen molar-refractivity contribution in [3.8, 4) is 0 Å². The minimum Gasteiger partial charge on any atom is -0.350 e. The van der Waals surface area contributed by atoms with Gasteiger partial charge < -0.3 is 10.6 Å². The van der Waals surface area contributed by atoms with Crippen molar-refractivity contribution in [2.75, 3.05) is 37.7 Å². The van der Waals surface area contributed by atoms with Crippen LogP contribution in [0.4, 0.5) is 0 Å². The van der Waals surface area contributed by atoms with Crippen molar-refractivity contribution in [3.63, 3.8) is 0 Å². The molecule has 2 unspecified atom stereocenters. The number of nitrogens with one attached hydrogen (secondary N) is 2. The van der Waals surface area contributed by atoms with Gasteiger partial charge in [-0.1, -0.05) is 30.3 Å². The second kappa shape index (κ2) is 7.99. The first-order valence-electron chi connectivity index (χ1n) is 8.22. The largest absolute Gasteiger partial charge is 0.350 e. The SMILES string of the molecule is O=C(NC1CCCNC1)C(c1ccccc1)N1CCSCC1. The summed E-state index contributed by atoms with van der Waals surface area (Å²) in [6, 6.07) is 10.3. The van der Waals surface area contributed by atoms with Crippen LogP contribution in [0.25, 0.3) is 0 Å². The van der Waals surface area contributed by atoms with Gasteiger partial charge in [-0.25, -0.2) is 0 Å². The summed E-state index contributed by atoms with van der Waals surface area (Å²) in [5.41, 5.74) is 1.11. The molecule has 0 aliphatic carbocycles. The molecule has 0 bridgehead atoms. The molecule has 3 rings (SSSR count). The second-order valence-electron chi connectivity index (χ2n) is 6.01. The Bertz CT molecular complexity index is 470. The van der Waals surface area contributed by atoms with Gasteiger partial charge in [0.05, 0.1) is 0 Å². The van der Waals surface area contributed by atoms with Crippen LogP contribution in [0.15, 0.2) is 30.3 Å². The molecule has 2 aliphatic rings. The summed E-state index contributed by atoms with van der Waals surface area (Å²) in [4.78, 5) is 15.3. The Kier molecular flexibility index (Phi) is 5.76. The lowest BCUT2D eigenvalue weighted by atomic mass is 10.0. The predicted molar refractivity (Wildman–Crippen MR) is 92.1 cm³/mol. The molecule has 2 atom stereocenters. The first-order chi connectivity index (χ1) is 10.8. The van der Waals surface area contributed by atoms with Crippen LogP contribution in [-0.2, 0) is 4.79 Å². The monoisotopic (exact) mass is 319 g/mol. The Morgan fingerprint density at radius 3 is 2.73 bits per heavy atom. The van der Waals surface area contributed by atoms with Crippen LogP contribution >= 0.6 is 11.8 Å². The molecule has 0 radical (unpaired) electrons. The molecule has 2 saturated heterocycles. The molecule has 0 saturated carbocycles. The average Bonchev–Trinajstić information content (AvgIpc) is 2.58. The lowest BCUT2D eigenvalue weighted by Gasteiger charge is -2.35. The van der Waals surface area contributed by atoms with Gasteiger partial charge in [0.15, 0.2) is 0 Å². The van der Waals surface area contributed by atoms with Crippen molar-refractivity contribution in [1.82, 2.24) is 15.5 Å². The Balaban J connectivity index is 1.73. The Morgan fingerprint density at radius 1 is 1.27 bits per heavy atom. The highest BCUT2D eigenvalue weighted by Gasteiger charge is 2.30. The van der Waals surface area contributed by atoms with Gasteiger partial charge in [0.25, 0.3) is 0 Å². The van der Waals surface area contributed by atoms with Gasteiger partial charge in [-0.15, -0.1) is 0 Å². The molecule has 1 aromatic carbocycles. The summed E-state index contributed by atoms with van der Waals surface area (Å²) in [5.74, 6) is 2.38. The van der Waals surface area contributed by atoms with E-state index in [-0.39, 0.29) is 18.0 Å². The molecule has 2 heterocycles. The maximum Gasteiger partial charge on any atom is 0.242 e. The molecule has 2 aliphatic heterocycles. The van der Waals surface area contributed by atoms with Crippen LogP contribution in [-0.4, -0.2) is 54.5 Å². The molecule has 1 aromatic rings. The van der Waals surface area contributed by atoms with Crippen LogP contribution in [0.3, 0.4) is 0 Å². The van der Waals surface area contributed by atoms with Gasteiger partial charge in [0.1, 0.15) is 6.04 Å². The lowest BCUT2D eigenvalue weighted by Crippen LogP contribution is -2.50. The Labute approximate surface area is 137 Å². The average molecular weight is 319 g/mol. The first-order valence-corrected chi connectivity index (χ1v) is 9.38. The highest BCUT2D eigenvalue weighted by atomic mass is 32.2. The van der Waals surface area contributed by atoms with Gasteiger partial charge in [-0.3, -0.25) is 9.69 Å². The Hall–Kier alpha value is -1.04. The number of amides is 1. The number of piperidine rings is 1. The van der Waals surface area contributed by atoms with E-state index in [9.17, 15) is 4.79 Å². The predicted octanol–water partition coefficient (Wildman–Crippen LogP) is 1.64. The zero-order chi connectivity index (χ0) is 15.2. The molecule has 2 fully saturated rings. The van der Waals surface area contributed by atoms with Gasteiger partial charge in [0.2, 0.25) is 5.91 Å². The van der Waals surface area contributed by atoms with Crippen molar-refractivity contribution in [3.05, 3.63) is 35.9 Å². The van der Waals surface area contributed by atoms with E-state index < -0.39 is 0 Å². The van der Waals surface area contributed by atoms with Crippen molar-refractivity contribution < 1.29 is 4.79 Å². The fourth-order valence-corrected chi connectivity index (χ4v) is 4.19. The molecular formula is C17H25N3OS. The van der Waals surface area contributed by atoms with E-state index >= 15 is 0 Å². The van der Waals surface area contributed by atoms with Gasteiger partial charge in [-0.2, -0.15) is 11.8 Å². The zero-order valence-corrected chi connectivity index (χ0v) is 13.8. The van der Waals surface area contributed by atoms with Crippen LogP contribution < -0.4 is 10.6 Å². The molecule has 0 aromatic heterocycles. The van der Waals surface area contributed by atoms with Crippen molar-refractivity contribution in [2.45, 2.75) is 24.9 Å². The lowest BCUT2D eigenvalue weighted by molar-refractivity contribution is -0.127. The van der Waals surface area contributed by atoms with Crippen molar-refractivity contribution in [2.24, 2.45) is 0 Å². The number of nitrogens with zero attached hydrogens (tertiary/aromatic N) is 1. The molecule has 4 nitrogen and oxygen atoms in total. The fraction of sp³-hybridized carbons (Fsp3) is 0.588. The van der Waals surface area contributed by atoms with E-state index in [0.717, 1.165) is 56.1 Å². The van der Waals surface area contributed by atoms with Gasteiger partial charge in [0, 0.05) is 37.2 Å². The maximum atomic E-state index is 12.9. The third-order valence-electron chi connectivity index (χ3n) is 4.42. The van der Waals surface area contributed by atoms with Crippen LogP contribution in [0, 0.1) is 0 Å². The number of hydrogen-bond acceptors (Lipinski definition) is 4. The van der Waals surface area contributed by atoms with E-state index in [1.807, 2.05) is 30.0 Å². The molecular weight excluding hydrogens is 294 g/mol. The summed E-state index contributed by atoms with van der Waals surface area (Å²) in [7, 11) is 0. The number of rotatable bonds is 4. The van der Waals surface area contributed by atoms with Crippen LogP contribution in [0.5, 0.6) is 0 Å². The first kappa shape index (κ1) is 15.8. The van der Waals surface area contributed by atoms with Gasteiger partial charge in [-0.05, 0) is 24.9 Å². The highest BCUT2D eigenvalue weighted by Crippen LogP contribution is 2.24. The number of thioether (sulfide) groups is 1. The van der Waals surface area contributed by atoms with Gasteiger partial charge >= 0.3 is 0 Å². The van der Waals surface area contributed by atoms with Crippen molar-refractivity contribution in [1.29, 1.82) is 0 Å². The third-order valence-corrected chi connectivity index (χ3v) is 5.36. The smallest absolute Gasteiger partial charge is 0.242 e. The van der Waals surface area contributed by atoms with Crippen molar-refractivity contribution >= 4 is 17.7 Å². The zero-order valence-electron chi connectivity index (χ0n) is 13.0. The number of carbonyl (C=O) groups is 1. The van der Waals surface area contributed by atoms with E-state index in [1.165, 1.54) is 0 Å². The summed E-state index contributed by atoms with van der Waals surface area (Å²) in [5, 5.41) is 6.63. The maximum absolute atomic E-state index is 12.9. The summed E-state index contributed by atoms with van der Waals surface area (Å²) in [6.07, 6.45) is 2.22. The summed E-state index contributed by atoms with van der Waals surface area (Å²) >= 11 is 1.98. The topological polar surface area (TPSA) is 44.4 Å².